The van der Waals surface area contributed by atoms with E-state index < -0.39 is 18.9 Å². The highest BCUT2D eigenvalue weighted by Crippen LogP contribution is 2.30. The third kappa shape index (κ3) is 4.24. The van der Waals surface area contributed by atoms with Gasteiger partial charge in [0, 0.05) is 16.1 Å². The summed E-state index contributed by atoms with van der Waals surface area (Å²) in [6.07, 6.45) is -3.73. The molecule has 2 nitrogen and oxygen atoms in total. The quantitative estimate of drug-likeness (QED) is 0.455. The Bertz CT molecular complexity index is 481. The molecule has 0 radical (unpaired) electrons. The molecule has 0 aliphatic rings. The zero-order valence-corrected chi connectivity index (χ0v) is 12.3. The van der Waals surface area contributed by atoms with Crippen LogP contribution < -0.4 is 11.1 Å². The van der Waals surface area contributed by atoms with E-state index >= 15 is 0 Å². The highest BCUT2D eigenvalue weighted by Gasteiger charge is 2.40. The van der Waals surface area contributed by atoms with Crippen LogP contribution in [-0.2, 0) is 0 Å². The van der Waals surface area contributed by atoms with Gasteiger partial charge in [-0.3, -0.25) is 0 Å². The molecule has 0 fully saturated rings. The molecule has 0 aliphatic carbocycles. The van der Waals surface area contributed by atoms with Crippen LogP contribution in [0.2, 0.25) is 0 Å². The lowest BCUT2D eigenvalue weighted by Crippen LogP contribution is -2.35. The van der Waals surface area contributed by atoms with Gasteiger partial charge in [-0.05, 0) is 17.9 Å². The van der Waals surface area contributed by atoms with Gasteiger partial charge in [0.25, 0.3) is 0 Å². The van der Waals surface area contributed by atoms with E-state index in [9.17, 15) is 17.6 Å². The first-order valence-electron chi connectivity index (χ1n) is 5.75. The van der Waals surface area contributed by atoms with E-state index in [1.54, 1.807) is 12.1 Å². The van der Waals surface area contributed by atoms with Crippen LogP contribution in [0.1, 0.15) is 12.5 Å². The van der Waals surface area contributed by atoms with Crippen LogP contribution in [0, 0.1) is 0 Å². The van der Waals surface area contributed by atoms with Gasteiger partial charge in [-0.1, -0.05) is 25.2 Å². The topological polar surface area (TPSA) is 38.0 Å². The third-order valence-electron chi connectivity index (χ3n) is 2.41. The zero-order valence-electron chi connectivity index (χ0n) is 10.6. The Morgan fingerprint density at radius 3 is 2.60 bits per heavy atom. The molecule has 0 spiro atoms. The lowest BCUT2D eigenvalue weighted by molar-refractivity contribution is -0.117. The second-order valence-corrected chi connectivity index (χ2v) is 5.64. The molecule has 0 bridgehead atoms. The summed E-state index contributed by atoms with van der Waals surface area (Å²) >= 11 is 6.34. The van der Waals surface area contributed by atoms with E-state index in [0.717, 1.165) is 10.6 Å². The molecule has 3 N–H and O–H groups in total. The van der Waals surface area contributed by atoms with Gasteiger partial charge in [0.05, 0.1) is 6.54 Å². The first kappa shape index (κ1) is 17.0. The molecular weight excluding hydrogens is 312 g/mol. The highest BCUT2D eigenvalue weighted by molar-refractivity contribution is 7.99. The minimum Gasteiger partial charge on any atom is -0.389 e. The van der Waals surface area contributed by atoms with Gasteiger partial charge < -0.3 is 11.1 Å². The smallest absolute Gasteiger partial charge is 0.324 e. The maximum Gasteiger partial charge on any atom is 0.324 e. The summed E-state index contributed by atoms with van der Waals surface area (Å²) in [4.78, 5) is 0.759. The summed E-state index contributed by atoms with van der Waals surface area (Å²) in [5.41, 5.74) is 6.22. The molecule has 20 heavy (non-hydrogen) atoms. The van der Waals surface area contributed by atoms with E-state index in [4.69, 9.17) is 18.0 Å². The van der Waals surface area contributed by atoms with Crippen LogP contribution in [0.25, 0.3) is 0 Å². The van der Waals surface area contributed by atoms with Gasteiger partial charge in [-0.15, -0.1) is 11.8 Å². The Morgan fingerprint density at radius 1 is 1.45 bits per heavy atom. The lowest BCUT2D eigenvalue weighted by Gasteiger charge is -2.19. The molecule has 0 aliphatic heterocycles. The Balaban J connectivity index is 3.00. The summed E-state index contributed by atoms with van der Waals surface area (Å²) in [5.74, 6) is -3.37. The summed E-state index contributed by atoms with van der Waals surface area (Å²) in [7, 11) is 0. The average Bonchev–Trinajstić information content (AvgIpc) is 2.36. The number of thiocarbonyl (C=S) groups is 1. The molecular formula is C12H14F4N2S2. The van der Waals surface area contributed by atoms with E-state index in [-0.39, 0.29) is 10.7 Å². The number of benzene rings is 1. The molecule has 112 valence electrons. The molecule has 0 heterocycles. The maximum absolute atomic E-state index is 12.9. The summed E-state index contributed by atoms with van der Waals surface area (Å²) in [5, 5.41) is 2.30. The van der Waals surface area contributed by atoms with Crippen molar-refractivity contribution in [3.63, 3.8) is 0 Å². The van der Waals surface area contributed by atoms with Crippen molar-refractivity contribution in [1.82, 2.24) is 0 Å². The van der Waals surface area contributed by atoms with Crippen molar-refractivity contribution in [3.8, 4) is 0 Å². The Morgan fingerprint density at radius 2 is 2.10 bits per heavy atom. The van der Waals surface area contributed by atoms with Gasteiger partial charge in [0.15, 0.2) is 0 Å². The van der Waals surface area contributed by atoms with E-state index in [1.165, 1.54) is 17.8 Å². The number of rotatable bonds is 7. The van der Waals surface area contributed by atoms with Crippen LogP contribution in [0.5, 0.6) is 0 Å². The van der Waals surface area contributed by atoms with Crippen LogP contribution in [0.4, 0.5) is 23.2 Å². The van der Waals surface area contributed by atoms with E-state index in [1.807, 2.05) is 6.92 Å². The molecule has 0 unspecified atom stereocenters. The Labute approximate surface area is 124 Å². The monoisotopic (exact) mass is 326 g/mol. The van der Waals surface area contributed by atoms with Gasteiger partial charge in [0.2, 0.25) is 0 Å². The fourth-order valence-corrected chi connectivity index (χ4v) is 2.63. The van der Waals surface area contributed by atoms with Crippen LogP contribution in [0.3, 0.4) is 0 Å². The van der Waals surface area contributed by atoms with Crippen LogP contribution >= 0.6 is 24.0 Å². The van der Waals surface area contributed by atoms with Gasteiger partial charge in [-0.2, -0.15) is 8.78 Å². The SMILES string of the molecule is CCSc1cccc(NCC(F)(F)C(F)F)c1C(N)=S. The molecule has 1 aromatic rings. The molecule has 0 saturated carbocycles. The number of nitrogens with one attached hydrogen (secondary N) is 1. The molecule has 0 saturated heterocycles. The summed E-state index contributed by atoms with van der Waals surface area (Å²) < 4.78 is 50.1. The average molecular weight is 326 g/mol. The van der Waals surface area contributed by atoms with Crippen LogP contribution in [-0.4, -0.2) is 29.6 Å². The highest BCUT2D eigenvalue weighted by atomic mass is 32.2. The zero-order chi connectivity index (χ0) is 15.3. The Kier molecular flexibility index (Phi) is 6.07. The second kappa shape index (κ2) is 7.12. The second-order valence-electron chi connectivity index (χ2n) is 3.89. The van der Waals surface area contributed by atoms with Crippen molar-refractivity contribution >= 4 is 34.7 Å². The normalized spacial score (nSPS) is 11.7. The largest absolute Gasteiger partial charge is 0.389 e. The summed E-state index contributed by atoms with van der Waals surface area (Å²) in [6.45, 7) is 0.736. The lowest BCUT2D eigenvalue weighted by atomic mass is 10.1. The number of nitrogens with two attached hydrogens (primary N) is 1. The van der Waals surface area contributed by atoms with Gasteiger partial charge in [-0.25, -0.2) is 8.78 Å². The number of hydrogen-bond acceptors (Lipinski definition) is 3. The number of thioether (sulfide) groups is 1. The molecule has 0 atom stereocenters. The summed E-state index contributed by atoms with van der Waals surface area (Å²) in [6, 6.07) is 4.86. The third-order valence-corrected chi connectivity index (χ3v) is 3.55. The predicted molar refractivity (Wildman–Crippen MR) is 78.2 cm³/mol. The van der Waals surface area contributed by atoms with Crippen molar-refractivity contribution in [1.29, 1.82) is 0 Å². The van der Waals surface area contributed by atoms with Crippen molar-refractivity contribution in [2.24, 2.45) is 5.73 Å². The number of anilines is 1. The fraction of sp³-hybridized carbons (Fsp3) is 0.417. The van der Waals surface area contributed by atoms with Crippen molar-refractivity contribution in [2.75, 3.05) is 17.6 Å². The van der Waals surface area contributed by atoms with E-state index in [2.05, 4.69) is 5.32 Å². The molecule has 0 amide bonds. The predicted octanol–water partition coefficient (Wildman–Crippen LogP) is 3.75. The van der Waals surface area contributed by atoms with E-state index in [0.29, 0.717) is 5.56 Å². The Hall–Kier alpha value is -1.02. The molecule has 1 rings (SSSR count). The number of halogens is 4. The van der Waals surface area contributed by atoms with Gasteiger partial charge >= 0.3 is 12.3 Å². The first-order valence-corrected chi connectivity index (χ1v) is 7.14. The minimum atomic E-state index is -4.11. The molecule has 1 aromatic carbocycles. The van der Waals surface area contributed by atoms with Gasteiger partial charge in [0.1, 0.15) is 4.99 Å². The number of alkyl halides is 4. The van der Waals surface area contributed by atoms with Crippen molar-refractivity contribution in [3.05, 3.63) is 23.8 Å². The van der Waals surface area contributed by atoms with Crippen LogP contribution in [0.15, 0.2) is 23.1 Å². The number of hydrogen-bond donors (Lipinski definition) is 2. The van der Waals surface area contributed by atoms with Crippen molar-refractivity contribution in [2.45, 2.75) is 24.2 Å². The molecule has 0 aromatic heterocycles. The standard InChI is InChI=1S/C12H14F4N2S2/c1-2-20-8-5-3-4-7(9(8)10(17)19)18-6-12(15,16)11(13)14/h3-5,11,18H,2,6H2,1H3,(H2,17,19). The fourth-order valence-electron chi connectivity index (χ4n) is 1.50. The minimum absolute atomic E-state index is 0.0319. The van der Waals surface area contributed by atoms with Crippen molar-refractivity contribution < 1.29 is 17.6 Å². The molecule has 8 heteroatoms. The maximum atomic E-state index is 12.9. The first-order chi connectivity index (χ1) is 9.29.